The maximum absolute atomic E-state index is 14.0. The zero-order chi connectivity index (χ0) is 36.3. The van der Waals surface area contributed by atoms with E-state index in [-0.39, 0.29) is 85.2 Å². The molecule has 2 aromatic rings. The fourth-order valence-corrected chi connectivity index (χ4v) is 9.05. The molecule has 2 rings (SSSR count). The van der Waals surface area contributed by atoms with Crippen molar-refractivity contribution in [3.05, 3.63) is 36.5 Å². The molecule has 6 amide bonds. The molecule has 0 saturated carbocycles. The van der Waals surface area contributed by atoms with Gasteiger partial charge in [-0.05, 0) is 90.4 Å². The fourth-order valence-electron chi connectivity index (χ4n) is 4.34. The Hall–Kier alpha value is -1.98. The largest absolute Gasteiger partial charge is 0.395 e. The summed E-state index contributed by atoms with van der Waals surface area (Å²) in [5.41, 5.74) is -1.35. The molecular formula is C28H32I4N6O10. The molecule has 0 spiro atoms. The van der Waals surface area contributed by atoms with Crippen molar-refractivity contribution in [3.8, 4) is 11.1 Å². The SMILES string of the molecule is CC(=O)Nc1c(I)c(C(=O)NCCO)c(-c2c(C(=O)NCCO)c(I)c(NC(C)=O)c(I)c2C(=O)NCCO)c(C(=O)NCCO)c1I. The van der Waals surface area contributed by atoms with E-state index in [1.54, 1.807) is 90.4 Å². The highest BCUT2D eigenvalue weighted by Gasteiger charge is 2.37. The highest BCUT2D eigenvalue weighted by Crippen LogP contribution is 2.46. The summed E-state index contributed by atoms with van der Waals surface area (Å²) in [5.74, 6) is -4.47. The van der Waals surface area contributed by atoms with Crippen molar-refractivity contribution in [1.29, 1.82) is 0 Å². The lowest BCUT2D eigenvalue weighted by atomic mass is 9.85. The summed E-state index contributed by atoms with van der Waals surface area (Å²) >= 11 is 7.16. The lowest BCUT2D eigenvalue weighted by Crippen LogP contribution is -2.35. The van der Waals surface area contributed by atoms with E-state index in [2.05, 4.69) is 31.9 Å². The second-order valence-corrected chi connectivity index (χ2v) is 13.9. The minimum Gasteiger partial charge on any atom is -0.395 e. The van der Waals surface area contributed by atoms with E-state index in [9.17, 15) is 49.2 Å². The third-order valence-corrected chi connectivity index (χ3v) is 10.4. The number of anilines is 2. The first kappa shape index (κ1) is 42.2. The second kappa shape index (κ2) is 20.0. The molecule has 0 aliphatic rings. The summed E-state index contributed by atoms with van der Waals surface area (Å²) in [6, 6.07) is 0. The van der Waals surface area contributed by atoms with Crippen molar-refractivity contribution in [3.63, 3.8) is 0 Å². The van der Waals surface area contributed by atoms with Crippen LogP contribution in [0.3, 0.4) is 0 Å². The zero-order valence-corrected chi connectivity index (χ0v) is 34.0. The summed E-state index contributed by atoms with van der Waals surface area (Å²) in [6.07, 6.45) is 0. The van der Waals surface area contributed by atoms with Gasteiger partial charge in [0.05, 0.1) is 74.3 Å². The van der Waals surface area contributed by atoms with Gasteiger partial charge in [0.2, 0.25) is 11.8 Å². The Bertz CT molecular complexity index is 1410. The van der Waals surface area contributed by atoms with Gasteiger partial charge in [-0.2, -0.15) is 0 Å². The third kappa shape index (κ3) is 10.1. The number of amides is 6. The first-order valence-corrected chi connectivity index (χ1v) is 18.2. The zero-order valence-electron chi connectivity index (χ0n) is 25.4. The maximum Gasteiger partial charge on any atom is 0.253 e. The second-order valence-electron chi connectivity index (χ2n) is 9.54. The molecule has 0 unspecified atom stereocenters. The first-order valence-electron chi connectivity index (χ1n) is 13.9. The number of hydrogen-bond donors (Lipinski definition) is 10. The average Bonchev–Trinajstić information content (AvgIpc) is 3.03. The summed E-state index contributed by atoms with van der Waals surface area (Å²) in [6.45, 7) is -0.336. The Labute approximate surface area is 329 Å². The van der Waals surface area contributed by atoms with Crippen LogP contribution >= 0.6 is 90.4 Å². The topological polar surface area (TPSA) is 256 Å². The average molecular weight is 1120 g/mol. The Morgan fingerprint density at radius 3 is 0.833 bits per heavy atom. The van der Waals surface area contributed by atoms with Crippen molar-refractivity contribution in [1.82, 2.24) is 21.3 Å². The molecule has 2 aromatic carbocycles. The molecule has 0 heterocycles. The number of carbonyl (C=O) groups is 6. The van der Waals surface area contributed by atoms with Gasteiger partial charge in [0, 0.05) is 51.2 Å². The first-order chi connectivity index (χ1) is 22.7. The predicted octanol–water partition coefficient (Wildman–Crippen LogP) is 0.577. The molecule has 262 valence electrons. The van der Waals surface area contributed by atoms with Gasteiger partial charge in [-0.1, -0.05) is 0 Å². The monoisotopic (exact) mass is 1120 g/mol. The molecule has 0 saturated heterocycles. The quantitative estimate of drug-likeness (QED) is 0.111. The van der Waals surface area contributed by atoms with Crippen LogP contribution in [0.25, 0.3) is 11.1 Å². The number of benzene rings is 2. The molecule has 16 nitrogen and oxygen atoms in total. The van der Waals surface area contributed by atoms with E-state index in [0.717, 1.165) is 0 Å². The smallest absolute Gasteiger partial charge is 0.253 e. The number of aliphatic hydroxyl groups is 4. The van der Waals surface area contributed by atoms with E-state index in [0.29, 0.717) is 0 Å². The van der Waals surface area contributed by atoms with Gasteiger partial charge in [-0.3, -0.25) is 28.8 Å². The maximum atomic E-state index is 14.0. The number of hydrogen-bond acceptors (Lipinski definition) is 10. The van der Waals surface area contributed by atoms with Crippen LogP contribution in [-0.4, -0.2) is 108 Å². The lowest BCUT2D eigenvalue weighted by Gasteiger charge is -2.27. The molecule has 48 heavy (non-hydrogen) atoms. The Kier molecular flexibility index (Phi) is 17.6. The molecule has 0 atom stereocenters. The highest BCUT2D eigenvalue weighted by atomic mass is 127. The molecule has 0 bridgehead atoms. The normalized spacial score (nSPS) is 10.6. The number of nitrogens with one attached hydrogen (secondary N) is 6. The van der Waals surface area contributed by atoms with Gasteiger partial charge in [0.25, 0.3) is 23.6 Å². The van der Waals surface area contributed by atoms with Crippen molar-refractivity contribution >= 4 is 137 Å². The van der Waals surface area contributed by atoms with Crippen molar-refractivity contribution in [2.45, 2.75) is 13.8 Å². The third-order valence-electron chi connectivity index (χ3n) is 6.11. The molecule has 0 aliphatic heterocycles. The lowest BCUT2D eigenvalue weighted by molar-refractivity contribution is -0.115. The van der Waals surface area contributed by atoms with Crippen LogP contribution < -0.4 is 31.9 Å². The van der Waals surface area contributed by atoms with Gasteiger partial charge in [-0.25, -0.2) is 0 Å². The number of halogens is 4. The van der Waals surface area contributed by atoms with Crippen LogP contribution in [0.2, 0.25) is 0 Å². The summed E-state index contributed by atoms with van der Waals surface area (Å²) in [5, 5.41) is 53.4. The summed E-state index contributed by atoms with van der Waals surface area (Å²) in [4.78, 5) is 80.6. The van der Waals surface area contributed by atoms with Crippen LogP contribution in [0.1, 0.15) is 55.3 Å². The standard InChI is InChI=1S/C28H32I4N6O10/c1-11(43)37-23-19(29)15(25(45)33-3-7-39)13(16(20(23)30)26(46)34-4-8-40)14-17(27(47)35-5-9-41)21(31)24(38-12(2)44)22(32)18(14)28(48)36-6-10-42/h39-42H,3-10H2,1-2H3,(H,33,45)(H,34,46)(H,35,47)(H,36,48)(H,37,43)(H,38,44). The Morgan fingerprint density at radius 2 is 0.667 bits per heavy atom. The number of rotatable bonds is 15. The molecular weight excluding hydrogens is 1090 g/mol. The Morgan fingerprint density at radius 1 is 0.458 bits per heavy atom. The molecule has 10 N–H and O–H groups in total. The van der Waals surface area contributed by atoms with Crippen molar-refractivity contribution in [2.75, 3.05) is 63.2 Å². The van der Waals surface area contributed by atoms with Gasteiger partial charge in [0.15, 0.2) is 0 Å². The van der Waals surface area contributed by atoms with Crippen LogP contribution in [0, 0.1) is 14.3 Å². The fraction of sp³-hybridized carbons (Fsp3) is 0.357. The molecule has 0 aromatic heterocycles. The van der Waals surface area contributed by atoms with Crippen molar-refractivity contribution < 1.29 is 49.2 Å². The predicted molar refractivity (Wildman–Crippen MR) is 209 cm³/mol. The molecule has 20 heteroatoms. The van der Waals surface area contributed by atoms with Gasteiger partial charge < -0.3 is 52.3 Å². The van der Waals surface area contributed by atoms with Gasteiger partial charge in [-0.15, -0.1) is 0 Å². The number of carbonyl (C=O) groups excluding carboxylic acids is 6. The van der Waals surface area contributed by atoms with Crippen LogP contribution in [0.15, 0.2) is 0 Å². The summed E-state index contributed by atoms with van der Waals surface area (Å²) < 4.78 is 0.429. The molecule has 0 fully saturated rings. The van der Waals surface area contributed by atoms with Crippen LogP contribution in [-0.2, 0) is 9.59 Å². The van der Waals surface area contributed by atoms with Crippen molar-refractivity contribution in [2.24, 2.45) is 0 Å². The highest BCUT2D eigenvalue weighted by molar-refractivity contribution is 14.1. The number of aliphatic hydroxyl groups excluding tert-OH is 4. The van der Waals surface area contributed by atoms with E-state index in [1.165, 1.54) is 13.8 Å². The van der Waals surface area contributed by atoms with E-state index in [1.807, 2.05) is 0 Å². The van der Waals surface area contributed by atoms with Crippen LogP contribution in [0.5, 0.6) is 0 Å². The Balaban J connectivity index is 3.52. The minimum atomic E-state index is -0.845. The van der Waals surface area contributed by atoms with Gasteiger partial charge >= 0.3 is 0 Å². The summed E-state index contributed by atoms with van der Waals surface area (Å²) in [7, 11) is 0. The molecule has 0 aliphatic carbocycles. The van der Waals surface area contributed by atoms with E-state index < -0.39 is 61.9 Å². The van der Waals surface area contributed by atoms with Gasteiger partial charge in [0.1, 0.15) is 0 Å². The molecule has 0 radical (unpaired) electrons. The minimum absolute atomic E-state index is 0.0626. The van der Waals surface area contributed by atoms with E-state index >= 15 is 0 Å². The van der Waals surface area contributed by atoms with E-state index in [4.69, 9.17) is 0 Å². The van der Waals surface area contributed by atoms with Crippen LogP contribution in [0.4, 0.5) is 11.4 Å².